The quantitative estimate of drug-likeness (QED) is 0.684. The van der Waals surface area contributed by atoms with Gasteiger partial charge in [0.05, 0.1) is 0 Å². The van der Waals surface area contributed by atoms with E-state index in [1.807, 2.05) is 18.2 Å². The highest BCUT2D eigenvalue weighted by molar-refractivity contribution is 5.98. The molecule has 146 valence electrons. The molecule has 1 aromatic heterocycles. The first-order chi connectivity index (χ1) is 13.7. The van der Waals surface area contributed by atoms with E-state index in [4.69, 9.17) is 5.73 Å². The van der Waals surface area contributed by atoms with E-state index in [0.717, 1.165) is 37.4 Å². The van der Waals surface area contributed by atoms with Crippen molar-refractivity contribution >= 4 is 22.6 Å². The summed E-state index contributed by atoms with van der Waals surface area (Å²) in [6, 6.07) is 18.9. The molecule has 0 unspecified atom stereocenters. The number of piperidine rings is 1. The van der Waals surface area contributed by atoms with Crippen LogP contribution in [0.25, 0.3) is 10.9 Å². The van der Waals surface area contributed by atoms with Crippen LogP contribution in [0, 0.1) is 5.92 Å². The molecule has 0 radical (unpaired) electrons. The first-order valence-corrected chi connectivity index (χ1v) is 10.4. The Balaban J connectivity index is 1.53. The van der Waals surface area contributed by atoms with Crippen molar-refractivity contribution in [3.05, 3.63) is 65.7 Å². The van der Waals surface area contributed by atoms with Crippen LogP contribution in [0.15, 0.2) is 54.6 Å². The number of amides is 1. The maximum absolute atomic E-state index is 11.6. The zero-order valence-corrected chi connectivity index (χ0v) is 16.6. The number of carbonyl (C=O) groups excluding carboxylic acids is 1. The van der Waals surface area contributed by atoms with Gasteiger partial charge in [0.1, 0.15) is 5.82 Å². The van der Waals surface area contributed by atoms with Crippen LogP contribution >= 0.6 is 0 Å². The van der Waals surface area contributed by atoms with Crippen molar-refractivity contribution in [2.45, 2.75) is 39.2 Å². The second-order valence-electron chi connectivity index (χ2n) is 7.91. The Kier molecular flexibility index (Phi) is 5.38. The molecular weight excluding hydrogens is 346 g/mol. The number of fused-ring (bicyclic) bond motifs is 1. The molecular formula is C24H29N3O. The number of primary amides is 1. The first kappa shape index (κ1) is 18.6. The fourth-order valence-corrected chi connectivity index (χ4v) is 4.44. The molecule has 0 spiro atoms. The van der Waals surface area contributed by atoms with Gasteiger partial charge in [-0.3, -0.25) is 4.79 Å². The van der Waals surface area contributed by atoms with E-state index in [1.165, 1.54) is 36.2 Å². The summed E-state index contributed by atoms with van der Waals surface area (Å²) in [5.41, 5.74) is 8.68. The monoisotopic (exact) mass is 375 g/mol. The SMILES string of the molecule is CCCn1c(N2CCC(Cc3ccccc3)CC2)cc2cc(C(N)=O)ccc21. The zero-order valence-electron chi connectivity index (χ0n) is 16.6. The van der Waals surface area contributed by atoms with Crippen LogP contribution in [0.5, 0.6) is 0 Å². The summed E-state index contributed by atoms with van der Waals surface area (Å²) >= 11 is 0. The number of carbonyl (C=O) groups is 1. The number of aromatic nitrogens is 1. The number of aryl methyl sites for hydroxylation is 1. The van der Waals surface area contributed by atoms with Crippen molar-refractivity contribution in [1.29, 1.82) is 0 Å². The van der Waals surface area contributed by atoms with Crippen LogP contribution in [-0.2, 0) is 13.0 Å². The molecule has 4 rings (SSSR count). The van der Waals surface area contributed by atoms with E-state index >= 15 is 0 Å². The fourth-order valence-electron chi connectivity index (χ4n) is 4.44. The van der Waals surface area contributed by atoms with Crippen LogP contribution in [0.4, 0.5) is 5.82 Å². The summed E-state index contributed by atoms with van der Waals surface area (Å²) in [5, 5.41) is 1.10. The van der Waals surface area contributed by atoms with Gasteiger partial charge in [0.25, 0.3) is 0 Å². The highest BCUT2D eigenvalue weighted by atomic mass is 16.1. The predicted octanol–water partition coefficient (Wildman–Crippen LogP) is 4.61. The summed E-state index contributed by atoms with van der Waals surface area (Å²) in [4.78, 5) is 14.1. The maximum Gasteiger partial charge on any atom is 0.248 e. The smallest absolute Gasteiger partial charge is 0.248 e. The summed E-state index contributed by atoms with van der Waals surface area (Å²) < 4.78 is 2.40. The normalized spacial score (nSPS) is 15.2. The third kappa shape index (κ3) is 3.77. The molecule has 1 aliphatic rings. The van der Waals surface area contributed by atoms with Gasteiger partial charge in [-0.25, -0.2) is 0 Å². The van der Waals surface area contributed by atoms with Gasteiger partial charge in [-0.1, -0.05) is 37.3 Å². The zero-order chi connectivity index (χ0) is 19.5. The Hall–Kier alpha value is -2.75. The van der Waals surface area contributed by atoms with E-state index in [-0.39, 0.29) is 5.91 Å². The summed E-state index contributed by atoms with van der Waals surface area (Å²) in [5.74, 6) is 1.66. The minimum atomic E-state index is -0.367. The molecule has 1 amide bonds. The molecule has 0 aliphatic carbocycles. The lowest BCUT2D eigenvalue weighted by Gasteiger charge is -2.34. The van der Waals surface area contributed by atoms with E-state index < -0.39 is 0 Å². The van der Waals surface area contributed by atoms with Gasteiger partial charge in [0.2, 0.25) is 5.91 Å². The Morgan fingerprint density at radius 1 is 1.07 bits per heavy atom. The molecule has 1 aliphatic heterocycles. The molecule has 4 heteroatoms. The van der Waals surface area contributed by atoms with Crippen molar-refractivity contribution in [1.82, 2.24) is 4.57 Å². The Morgan fingerprint density at radius 2 is 1.82 bits per heavy atom. The number of anilines is 1. The van der Waals surface area contributed by atoms with Gasteiger partial charge in [-0.05, 0) is 61.4 Å². The average molecular weight is 376 g/mol. The third-order valence-electron chi connectivity index (χ3n) is 5.92. The van der Waals surface area contributed by atoms with Crippen LogP contribution in [0.1, 0.15) is 42.1 Å². The predicted molar refractivity (Wildman–Crippen MR) is 116 cm³/mol. The van der Waals surface area contributed by atoms with Crippen molar-refractivity contribution in [2.75, 3.05) is 18.0 Å². The van der Waals surface area contributed by atoms with Crippen molar-refractivity contribution < 1.29 is 4.79 Å². The van der Waals surface area contributed by atoms with Crippen LogP contribution in [-0.4, -0.2) is 23.6 Å². The summed E-state index contributed by atoms with van der Waals surface area (Å²) in [7, 11) is 0. The fraction of sp³-hybridized carbons (Fsp3) is 0.375. The summed E-state index contributed by atoms with van der Waals surface area (Å²) in [6.07, 6.45) is 4.69. The van der Waals surface area contributed by atoms with Gasteiger partial charge in [0, 0.05) is 36.1 Å². The van der Waals surface area contributed by atoms with Crippen LogP contribution in [0.3, 0.4) is 0 Å². The van der Waals surface area contributed by atoms with Crippen molar-refractivity contribution in [2.24, 2.45) is 11.7 Å². The molecule has 28 heavy (non-hydrogen) atoms. The van der Waals surface area contributed by atoms with E-state index in [1.54, 1.807) is 0 Å². The Labute approximate surface area is 166 Å². The molecule has 4 nitrogen and oxygen atoms in total. The number of nitrogens with zero attached hydrogens (tertiary/aromatic N) is 2. The molecule has 3 aromatic rings. The van der Waals surface area contributed by atoms with Gasteiger partial charge in [-0.2, -0.15) is 0 Å². The van der Waals surface area contributed by atoms with E-state index in [2.05, 4.69) is 52.8 Å². The van der Waals surface area contributed by atoms with E-state index in [0.29, 0.717) is 5.56 Å². The topological polar surface area (TPSA) is 51.3 Å². The Bertz CT molecular complexity index is 953. The summed E-state index contributed by atoms with van der Waals surface area (Å²) in [6.45, 7) is 5.36. The number of benzene rings is 2. The largest absolute Gasteiger partial charge is 0.366 e. The number of hydrogen-bond donors (Lipinski definition) is 1. The number of rotatable bonds is 6. The number of hydrogen-bond acceptors (Lipinski definition) is 2. The van der Waals surface area contributed by atoms with Crippen LogP contribution in [0.2, 0.25) is 0 Å². The van der Waals surface area contributed by atoms with Crippen molar-refractivity contribution in [3.8, 4) is 0 Å². The highest BCUT2D eigenvalue weighted by Crippen LogP contribution is 2.31. The molecule has 0 saturated carbocycles. The first-order valence-electron chi connectivity index (χ1n) is 10.4. The lowest BCUT2D eigenvalue weighted by atomic mass is 9.90. The van der Waals surface area contributed by atoms with Gasteiger partial charge < -0.3 is 15.2 Å². The second-order valence-corrected chi connectivity index (χ2v) is 7.91. The molecule has 0 bridgehead atoms. The van der Waals surface area contributed by atoms with Gasteiger partial charge in [-0.15, -0.1) is 0 Å². The van der Waals surface area contributed by atoms with E-state index in [9.17, 15) is 4.79 Å². The van der Waals surface area contributed by atoms with Crippen molar-refractivity contribution in [3.63, 3.8) is 0 Å². The second kappa shape index (κ2) is 8.09. The Morgan fingerprint density at radius 3 is 2.50 bits per heavy atom. The molecule has 2 heterocycles. The minimum Gasteiger partial charge on any atom is -0.366 e. The molecule has 2 aromatic carbocycles. The third-order valence-corrected chi connectivity index (χ3v) is 5.92. The minimum absolute atomic E-state index is 0.367. The lowest BCUT2D eigenvalue weighted by molar-refractivity contribution is 0.100. The standard InChI is InChI=1S/C24H29N3O/c1-2-12-27-22-9-8-20(24(25)28)16-21(22)17-23(27)26-13-10-19(11-14-26)15-18-6-4-3-5-7-18/h3-9,16-17,19H,2,10-15H2,1H3,(H2,25,28). The average Bonchev–Trinajstić information content (AvgIpc) is 3.07. The molecule has 2 N–H and O–H groups in total. The molecule has 1 fully saturated rings. The number of nitrogens with two attached hydrogens (primary N) is 1. The maximum atomic E-state index is 11.6. The lowest BCUT2D eigenvalue weighted by Crippen LogP contribution is -2.35. The van der Waals surface area contributed by atoms with Gasteiger partial charge in [0.15, 0.2) is 0 Å². The molecule has 0 atom stereocenters. The van der Waals surface area contributed by atoms with Gasteiger partial charge >= 0.3 is 0 Å². The highest BCUT2D eigenvalue weighted by Gasteiger charge is 2.23. The molecule has 1 saturated heterocycles. The van der Waals surface area contributed by atoms with Crippen LogP contribution < -0.4 is 10.6 Å².